The van der Waals surface area contributed by atoms with Crippen LogP contribution in [0.1, 0.15) is 73.4 Å². The molecule has 0 aromatic carbocycles. The van der Waals surface area contributed by atoms with Crippen molar-refractivity contribution in [2.75, 3.05) is 26.9 Å². The second-order valence-electron chi connectivity index (χ2n) is 12.3. The molecule has 0 bridgehead atoms. The molecule has 1 aliphatic heterocycles. The Morgan fingerprint density at radius 2 is 1.61 bits per heavy atom. The average Bonchev–Trinajstić information content (AvgIpc) is 3.47. The van der Waals surface area contributed by atoms with Gasteiger partial charge in [0.05, 0.1) is 33.3 Å². The van der Waals surface area contributed by atoms with Crippen molar-refractivity contribution in [2.24, 2.45) is 11.8 Å². The van der Waals surface area contributed by atoms with E-state index in [4.69, 9.17) is 23.5 Å². The van der Waals surface area contributed by atoms with Gasteiger partial charge in [0.2, 0.25) is 5.88 Å². The maximum atomic E-state index is 14.5. The van der Waals surface area contributed by atoms with Gasteiger partial charge >= 0.3 is 19.6 Å². The van der Waals surface area contributed by atoms with E-state index in [9.17, 15) is 24.4 Å². The molecular weight excluding hydrogens is 623 g/mol. The van der Waals surface area contributed by atoms with Crippen LogP contribution in [0.25, 0.3) is 11.2 Å². The lowest BCUT2D eigenvalue weighted by Crippen LogP contribution is -2.47. The number of hydrogen-bond donors (Lipinski definition) is 4. The van der Waals surface area contributed by atoms with E-state index in [0.29, 0.717) is 17.0 Å². The van der Waals surface area contributed by atoms with Crippen LogP contribution >= 0.6 is 7.67 Å². The maximum Gasteiger partial charge on any atom is 0.342 e. The number of aryl methyl sites for hydroxylation is 1. The Kier molecular flexibility index (Phi) is 13.1. The normalized spacial score (nSPS) is 23.2. The SMILES string of the molecule is CCOC(=O)[C@H](CC(C)C)NP(=O)(N[C@@H](CC(C)C)C(=O)OCC)OC[C@H]1O[C@@H](n2cnc3c(OC)nc(C)nc32)[C@@](C)(O)C1O. The van der Waals surface area contributed by atoms with Crippen LogP contribution in [0, 0.1) is 18.8 Å². The summed E-state index contributed by atoms with van der Waals surface area (Å²) >= 11 is 0. The standard InChI is InChI=1S/C29H49N6O10P/c1-10-42-26(37)19(12-16(3)4)33-46(40,34-20(13-17(5)6)27(38)43-11-2)44-14-21-23(36)29(8,39)28(45-21)35-15-30-22-24(35)31-18(7)32-25(22)41-9/h15-17,19-21,23,28,36,39H,10-14H2,1-9H3,(H2,33,34,40)/t19-,20-,21+,23?,28+,29-/m0/s1. The van der Waals surface area contributed by atoms with Crippen LogP contribution in [0.4, 0.5) is 0 Å². The molecule has 0 saturated carbocycles. The van der Waals surface area contributed by atoms with Gasteiger partial charge in [-0.05, 0) is 52.4 Å². The summed E-state index contributed by atoms with van der Waals surface area (Å²) in [7, 11) is -2.84. The first-order valence-electron chi connectivity index (χ1n) is 15.5. The zero-order valence-electron chi connectivity index (χ0n) is 28.1. The number of aliphatic hydroxyl groups is 2. The number of rotatable bonds is 17. The van der Waals surface area contributed by atoms with E-state index in [1.165, 1.54) is 24.9 Å². The highest BCUT2D eigenvalue weighted by Gasteiger charge is 2.54. The van der Waals surface area contributed by atoms with Crippen molar-refractivity contribution in [3.63, 3.8) is 0 Å². The highest BCUT2D eigenvalue weighted by Crippen LogP contribution is 2.45. The van der Waals surface area contributed by atoms with E-state index >= 15 is 0 Å². The number of nitrogens with one attached hydrogen (secondary N) is 2. The average molecular weight is 673 g/mol. The number of esters is 2. The highest BCUT2D eigenvalue weighted by atomic mass is 31.2. The maximum absolute atomic E-state index is 14.5. The van der Waals surface area contributed by atoms with Gasteiger partial charge in [-0.15, -0.1) is 0 Å². The zero-order valence-corrected chi connectivity index (χ0v) is 28.9. The number of carbonyl (C=O) groups is 2. The van der Waals surface area contributed by atoms with Crippen LogP contribution in [-0.2, 0) is 32.9 Å². The number of hydrogen-bond acceptors (Lipinski definition) is 13. The minimum atomic E-state index is -4.29. The Labute approximate surface area is 269 Å². The topological polar surface area (TPSA) is 205 Å². The van der Waals surface area contributed by atoms with Crippen molar-refractivity contribution in [3.05, 3.63) is 12.2 Å². The Hall–Kier alpha value is -2.72. The molecule has 1 fully saturated rings. The molecule has 260 valence electrons. The van der Waals surface area contributed by atoms with Crippen LogP contribution in [-0.4, -0.2) is 98.5 Å². The fourth-order valence-electron chi connectivity index (χ4n) is 5.22. The quantitative estimate of drug-likeness (QED) is 0.141. The van der Waals surface area contributed by atoms with Crippen LogP contribution in [0.2, 0.25) is 0 Å². The van der Waals surface area contributed by atoms with Gasteiger partial charge in [0.1, 0.15) is 35.7 Å². The van der Waals surface area contributed by atoms with Gasteiger partial charge in [0, 0.05) is 0 Å². The summed E-state index contributed by atoms with van der Waals surface area (Å²) in [4.78, 5) is 38.7. The molecule has 46 heavy (non-hydrogen) atoms. The van der Waals surface area contributed by atoms with E-state index in [-0.39, 0.29) is 43.8 Å². The Morgan fingerprint density at radius 1 is 1.07 bits per heavy atom. The van der Waals surface area contributed by atoms with Gasteiger partial charge in [0.15, 0.2) is 17.4 Å². The van der Waals surface area contributed by atoms with Crippen LogP contribution in [0.3, 0.4) is 0 Å². The second-order valence-corrected chi connectivity index (χ2v) is 14.2. The Morgan fingerprint density at radius 3 is 2.09 bits per heavy atom. The monoisotopic (exact) mass is 672 g/mol. The van der Waals surface area contributed by atoms with Crippen LogP contribution in [0.5, 0.6) is 5.88 Å². The molecule has 16 nitrogen and oxygen atoms in total. The van der Waals surface area contributed by atoms with E-state index in [1.54, 1.807) is 20.8 Å². The van der Waals surface area contributed by atoms with Crippen molar-refractivity contribution in [1.29, 1.82) is 0 Å². The molecule has 0 amide bonds. The first-order chi connectivity index (χ1) is 21.6. The number of imidazole rings is 1. The molecule has 2 aromatic heterocycles. The van der Waals surface area contributed by atoms with Crippen molar-refractivity contribution < 1.29 is 47.8 Å². The minimum absolute atomic E-state index is 0.00112. The van der Waals surface area contributed by atoms with Gasteiger partial charge in [-0.25, -0.2) is 20.1 Å². The zero-order chi connectivity index (χ0) is 34.4. The van der Waals surface area contributed by atoms with Gasteiger partial charge in [-0.3, -0.25) is 18.7 Å². The van der Waals surface area contributed by atoms with E-state index in [0.717, 1.165) is 0 Å². The largest absolute Gasteiger partial charge is 0.479 e. The molecule has 0 radical (unpaired) electrons. The summed E-state index contributed by atoms with van der Waals surface area (Å²) < 4.78 is 43.8. The van der Waals surface area contributed by atoms with Gasteiger partial charge < -0.3 is 33.7 Å². The summed E-state index contributed by atoms with van der Waals surface area (Å²) in [5.74, 6) is -0.668. The summed E-state index contributed by atoms with van der Waals surface area (Å²) in [5.41, 5.74) is -1.26. The fourth-order valence-corrected chi connectivity index (χ4v) is 7.04. The number of methoxy groups -OCH3 is 1. The van der Waals surface area contributed by atoms with Gasteiger partial charge in [-0.2, -0.15) is 4.98 Å². The summed E-state index contributed by atoms with van der Waals surface area (Å²) in [6, 6.07) is -2.11. The molecule has 17 heteroatoms. The lowest BCUT2D eigenvalue weighted by atomic mass is 9.96. The predicted molar refractivity (Wildman–Crippen MR) is 167 cm³/mol. The third kappa shape index (κ3) is 9.00. The lowest BCUT2D eigenvalue weighted by Gasteiger charge is -2.30. The Bertz CT molecular complexity index is 1350. The van der Waals surface area contributed by atoms with Crippen molar-refractivity contribution in [3.8, 4) is 5.88 Å². The highest BCUT2D eigenvalue weighted by molar-refractivity contribution is 7.54. The lowest BCUT2D eigenvalue weighted by molar-refractivity contribution is -0.146. The number of carbonyl (C=O) groups excluding carboxylic acids is 2. The molecule has 6 atom stereocenters. The van der Waals surface area contributed by atoms with E-state index in [2.05, 4.69) is 25.1 Å². The van der Waals surface area contributed by atoms with E-state index in [1.807, 2.05) is 27.7 Å². The first-order valence-corrected chi connectivity index (χ1v) is 17.1. The minimum Gasteiger partial charge on any atom is -0.479 e. The van der Waals surface area contributed by atoms with Gasteiger partial charge in [0.25, 0.3) is 0 Å². The number of aromatic nitrogens is 4. The van der Waals surface area contributed by atoms with Gasteiger partial charge in [-0.1, -0.05) is 27.7 Å². The van der Waals surface area contributed by atoms with E-state index < -0.39 is 62.3 Å². The predicted octanol–water partition coefficient (Wildman–Crippen LogP) is 2.41. The summed E-state index contributed by atoms with van der Waals surface area (Å²) in [5, 5.41) is 28.2. The molecule has 3 rings (SSSR count). The number of fused-ring (bicyclic) bond motifs is 1. The van der Waals surface area contributed by atoms with Crippen molar-refractivity contribution in [1.82, 2.24) is 29.7 Å². The molecule has 4 N–H and O–H groups in total. The van der Waals surface area contributed by atoms with Crippen LogP contribution in [0.15, 0.2) is 6.33 Å². The first kappa shape index (κ1) is 37.7. The number of ether oxygens (including phenoxy) is 4. The molecule has 2 aromatic rings. The smallest absolute Gasteiger partial charge is 0.342 e. The second kappa shape index (κ2) is 15.9. The molecule has 1 unspecified atom stereocenters. The summed E-state index contributed by atoms with van der Waals surface area (Å²) in [6.07, 6.45) is -2.05. The molecule has 1 saturated heterocycles. The molecular formula is C29H49N6O10P. The molecule has 0 spiro atoms. The Balaban J connectivity index is 1.94. The number of nitrogens with zero attached hydrogens (tertiary/aromatic N) is 4. The van der Waals surface area contributed by atoms with Crippen molar-refractivity contribution >= 4 is 30.8 Å². The van der Waals surface area contributed by atoms with Crippen molar-refractivity contribution in [2.45, 2.75) is 104 Å². The molecule has 0 aliphatic carbocycles. The number of aliphatic hydroxyl groups excluding tert-OH is 1. The molecule has 3 heterocycles. The van der Waals surface area contributed by atoms with Crippen LogP contribution < -0.4 is 14.9 Å². The third-order valence-electron chi connectivity index (χ3n) is 7.33. The molecule has 1 aliphatic rings. The fraction of sp³-hybridized carbons (Fsp3) is 0.759. The summed E-state index contributed by atoms with van der Waals surface area (Å²) in [6.45, 7) is 13.6. The third-order valence-corrected chi connectivity index (χ3v) is 9.15.